The van der Waals surface area contributed by atoms with E-state index in [1.165, 1.54) is 23.1 Å². The predicted molar refractivity (Wildman–Crippen MR) is 156 cm³/mol. The van der Waals surface area contributed by atoms with Gasteiger partial charge < -0.3 is 20.6 Å². The number of urea groups is 1. The highest BCUT2D eigenvalue weighted by molar-refractivity contribution is 6.31. The van der Waals surface area contributed by atoms with Crippen LogP contribution >= 0.6 is 23.2 Å². The monoisotopic (exact) mass is 597 g/mol. The van der Waals surface area contributed by atoms with Crippen molar-refractivity contribution in [2.75, 3.05) is 11.9 Å². The van der Waals surface area contributed by atoms with Crippen molar-refractivity contribution in [1.29, 1.82) is 0 Å². The SMILES string of the molecule is CC(C)(C)C[C@@H]1CN(C(=O)NCc2ccc(C(=O)O)cc2)[C@H](c2cccc(Cl)c2F)C12C(=O)Nc1cc(Cl)ccc12. The molecule has 214 valence electrons. The number of carboxylic acids is 1. The van der Waals surface area contributed by atoms with Gasteiger partial charge in [0, 0.05) is 29.4 Å². The van der Waals surface area contributed by atoms with E-state index in [-0.39, 0.29) is 46.5 Å². The van der Waals surface area contributed by atoms with Crippen LogP contribution in [0.4, 0.5) is 14.9 Å². The van der Waals surface area contributed by atoms with Crippen LogP contribution < -0.4 is 10.6 Å². The molecule has 5 rings (SSSR count). The minimum Gasteiger partial charge on any atom is -0.478 e. The number of benzene rings is 3. The van der Waals surface area contributed by atoms with Crippen molar-refractivity contribution < 1.29 is 23.9 Å². The number of carboxylic acid groups (broad SMARTS) is 1. The Hall–Kier alpha value is -3.62. The van der Waals surface area contributed by atoms with Gasteiger partial charge in [0.15, 0.2) is 0 Å². The lowest BCUT2D eigenvalue weighted by Gasteiger charge is -2.38. The summed E-state index contributed by atoms with van der Waals surface area (Å²) >= 11 is 12.5. The predicted octanol–water partition coefficient (Wildman–Crippen LogP) is 7.04. The van der Waals surface area contributed by atoms with Gasteiger partial charge in [0.25, 0.3) is 0 Å². The summed E-state index contributed by atoms with van der Waals surface area (Å²) in [6.45, 7) is 6.49. The largest absolute Gasteiger partial charge is 0.478 e. The molecule has 0 aliphatic carbocycles. The Bertz CT molecular complexity index is 1540. The number of fused-ring (bicyclic) bond motifs is 2. The molecule has 7 nitrogen and oxygen atoms in total. The van der Waals surface area contributed by atoms with Crippen LogP contribution in [0.25, 0.3) is 0 Å². The highest BCUT2D eigenvalue weighted by Gasteiger charge is 2.65. The van der Waals surface area contributed by atoms with Gasteiger partial charge in [0.05, 0.1) is 16.6 Å². The van der Waals surface area contributed by atoms with E-state index in [4.69, 9.17) is 23.2 Å². The summed E-state index contributed by atoms with van der Waals surface area (Å²) in [4.78, 5) is 40.8. The highest BCUT2D eigenvalue weighted by atomic mass is 35.5. The van der Waals surface area contributed by atoms with E-state index < -0.39 is 29.3 Å². The minimum absolute atomic E-state index is 0.106. The van der Waals surface area contributed by atoms with E-state index in [1.54, 1.807) is 42.5 Å². The summed E-state index contributed by atoms with van der Waals surface area (Å²) in [5.41, 5.74) is 0.636. The Morgan fingerprint density at radius 1 is 1.12 bits per heavy atom. The maximum absolute atomic E-state index is 15.8. The number of hydrogen-bond donors (Lipinski definition) is 3. The molecule has 41 heavy (non-hydrogen) atoms. The first-order valence-corrected chi connectivity index (χ1v) is 14.0. The van der Waals surface area contributed by atoms with Crippen LogP contribution in [0.1, 0.15) is 60.3 Å². The average Bonchev–Trinajstić information content (AvgIpc) is 3.38. The molecule has 0 saturated carbocycles. The lowest BCUT2D eigenvalue weighted by molar-refractivity contribution is -0.123. The third kappa shape index (κ3) is 5.15. The third-order valence-corrected chi connectivity index (χ3v) is 8.42. The van der Waals surface area contributed by atoms with Crippen molar-refractivity contribution in [3.63, 3.8) is 0 Å². The lowest BCUT2D eigenvalue weighted by Crippen LogP contribution is -2.47. The molecular weight excluding hydrogens is 568 g/mol. The zero-order valence-corrected chi connectivity index (χ0v) is 24.3. The number of nitrogens with one attached hydrogen (secondary N) is 2. The molecule has 3 N–H and O–H groups in total. The highest BCUT2D eigenvalue weighted by Crippen LogP contribution is 2.60. The van der Waals surface area contributed by atoms with Gasteiger partial charge in [0.1, 0.15) is 11.2 Å². The van der Waals surface area contributed by atoms with Crippen molar-refractivity contribution in [1.82, 2.24) is 10.2 Å². The molecular formula is C31H30Cl2FN3O4. The number of nitrogens with zero attached hydrogens (tertiary/aromatic N) is 1. The zero-order chi connectivity index (χ0) is 29.7. The third-order valence-electron chi connectivity index (χ3n) is 7.90. The molecule has 3 amide bonds. The van der Waals surface area contributed by atoms with Crippen LogP contribution in [-0.2, 0) is 16.8 Å². The molecule has 1 fully saturated rings. The van der Waals surface area contributed by atoms with Crippen molar-refractivity contribution >= 4 is 46.8 Å². The van der Waals surface area contributed by atoms with Gasteiger partial charge in [-0.3, -0.25) is 4.79 Å². The quantitative estimate of drug-likeness (QED) is 0.294. The Morgan fingerprint density at radius 3 is 2.49 bits per heavy atom. The minimum atomic E-state index is -1.31. The van der Waals surface area contributed by atoms with Gasteiger partial charge in [-0.15, -0.1) is 0 Å². The summed E-state index contributed by atoms with van der Waals surface area (Å²) in [6.07, 6.45) is 0.571. The fourth-order valence-electron chi connectivity index (χ4n) is 6.32. The first-order chi connectivity index (χ1) is 19.3. The molecule has 3 aromatic carbocycles. The molecule has 0 aromatic heterocycles. The number of halogens is 3. The molecule has 2 aliphatic rings. The van der Waals surface area contributed by atoms with Gasteiger partial charge in [-0.1, -0.05) is 74.3 Å². The van der Waals surface area contributed by atoms with Gasteiger partial charge in [-0.05, 0) is 59.2 Å². The maximum atomic E-state index is 15.8. The second kappa shape index (κ2) is 10.7. The number of likely N-dealkylation sites (tertiary alicyclic amines) is 1. The van der Waals surface area contributed by atoms with Crippen molar-refractivity contribution in [3.05, 3.63) is 98.8 Å². The van der Waals surface area contributed by atoms with Gasteiger partial charge in [-0.25, -0.2) is 14.0 Å². The van der Waals surface area contributed by atoms with E-state index in [9.17, 15) is 19.5 Å². The van der Waals surface area contributed by atoms with Crippen LogP contribution in [0.5, 0.6) is 0 Å². The van der Waals surface area contributed by atoms with Gasteiger partial charge in [0.2, 0.25) is 5.91 Å². The Labute approximate surface area is 247 Å². The number of rotatable bonds is 5. The summed E-state index contributed by atoms with van der Waals surface area (Å²) in [5.74, 6) is -2.43. The summed E-state index contributed by atoms with van der Waals surface area (Å²) < 4.78 is 15.8. The van der Waals surface area contributed by atoms with Gasteiger partial charge >= 0.3 is 12.0 Å². The average molecular weight is 599 g/mol. The normalized spacial score (nSPS) is 21.6. The fraction of sp³-hybridized carbons (Fsp3) is 0.323. The summed E-state index contributed by atoms with van der Waals surface area (Å²) in [7, 11) is 0. The van der Waals surface area contributed by atoms with Crippen LogP contribution in [0.2, 0.25) is 10.0 Å². The van der Waals surface area contributed by atoms with E-state index in [2.05, 4.69) is 31.4 Å². The van der Waals surface area contributed by atoms with E-state index in [0.717, 1.165) is 0 Å². The first kappa shape index (κ1) is 28.9. The molecule has 10 heteroatoms. The lowest BCUT2D eigenvalue weighted by atomic mass is 9.63. The Morgan fingerprint density at radius 2 is 1.83 bits per heavy atom. The number of hydrogen-bond acceptors (Lipinski definition) is 3. The summed E-state index contributed by atoms with van der Waals surface area (Å²) in [6, 6.07) is 14.4. The van der Waals surface area contributed by atoms with Crippen molar-refractivity contribution in [2.45, 2.75) is 45.2 Å². The first-order valence-electron chi connectivity index (χ1n) is 13.2. The number of amides is 3. The molecule has 1 saturated heterocycles. The Balaban J connectivity index is 1.62. The number of carbonyl (C=O) groups is 3. The molecule has 3 atom stereocenters. The zero-order valence-electron chi connectivity index (χ0n) is 22.8. The van der Waals surface area contributed by atoms with Crippen LogP contribution in [0.3, 0.4) is 0 Å². The summed E-state index contributed by atoms with van der Waals surface area (Å²) in [5, 5.41) is 15.4. The molecule has 0 radical (unpaired) electrons. The van der Waals surface area contributed by atoms with Crippen LogP contribution in [0, 0.1) is 17.2 Å². The van der Waals surface area contributed by atoms with E-state index in [0.29, 0.717) is 28.3 Å². The Kier molecular flexibility index (Phi) is 7.51. The van der Waals surface area contributed by atoms with Crippen molar-refractivity contribution in [3.8, 4) is 0 Å². The van der Waals surface area contributed by atoms with E-state index >= 15 is 4.39 Å². The molecule has 2 heterocycles. The topological polar surface area (TPSA) is 98.7 Å². The molecule has 1 unspecified atom stereocenters. The molecule has 0 bridgehead atoms. The van der Waals surface area contributed by atoms with E-state index in [1.807, 2.05) is 0 Å². The standard InChI is InChI=1S/C31H30Cl2FN3O4/c1-30(2,3)14-19-16-37(29(41)35-15-17-7-9-18(10-8-17)27(38)39)26(21-5-4-6-23(33)25(21)34)31(19)22-12-11-20(32)13-24(22)36-28(31)40/h4-13,19,26H,14-16H2,1-3H3,(H,35,41)(H,36,40)(H,38,39)/t19-,26-,31?/m1/s1. The van der Waals surface area contributed by atoms with Crippen molar-refractivity contribution in [2.24, 2.45) is 11.3 Å². The fourth-order valence-corrected chi connectivity index (χ4v) is 6.67. The number of aromatic carboxylic acids is 1. The second-order valence-corrected chi connectivity index (χ2v) is 12.7. The number of carbonyl (C=O) groups excluding carboxylic acids is 2. The molecule has 1 spiro atoms. The smallest absolute Gasteiger partial charge is 0.335 e. The van der Waals surface area contributed by atoms with Gasteiger partial charge in [-0.2, -0.15) is 0 Å². The number of anilines is 1. The second-order valence-electron chi connectivity index (χ2n) is 11.8. The molecule has 2 aliphatic heterocycles. The van der Waals surface area contributed by atoms with Crippen LogP contribution in [-0.4, -0.2) is 34.5 Å². The molecule has 3 aromatic rings. The van der Waals surface area contributed by atoms with Crippen LogP contribution in [0.15, 0.2) is 60.7 Å². The maximum Gasteiger partial charge on any atom is 0.335 e.